The Morgan fingerprint density at radius 1 is 1.06 bits per heavy atom. The van der Waals surface area contributed by atoms with Gasteiger partial charge in [-0.3, -0.25) is 0 Å². The van der Waals surface area contributed by atoms with Crippen molar-refractivity contribution in [1.29, 1.82) is 0 Å². The zero-order chi connectivity index (χ0) is 11.0. The highest BCUT2D eigenvalue weighted by molar-refractivity contribution is 8.00. The maximum Gasteiger partial charge on any atom is 0.296 e. The first kappa shape index (κ1) is 10.7. The van der Waals surface area contributed by atoms with Gasteiger partial charge in [-0.05, 0) is 30.5 Å². The van der Waals surface area contributed by atoms with Crippen LogP contribution >= 0.6 is 45.8 Å². The van der Waals surface area contributed by atoms with Crippen molar-refractivity contribution in [3.8, 4) is 9.07 Å². The molecule has 2 aromatic heterocycles. The summed E-state index contributed by atoms with van der Waals surface area (Å²) in [6.45, 7) is 0. The molecule has 0 atom stereocenters. The van der Waals surface area contributed by atoms with Crippen LogP contribution in [0.1, 0.15) is 0 Å². The zero-order valence-electron chi connectivity index (χ0n) is 8.60. The molecule has 0 aliphatic carbocycles. The number of rotatable bonds is 2. The fourth-order valence-electron chi connectivity index (χ4n) is 1.48. The summed E-state index contributed by atoms with van der Waals surface area (Å²) in [5, 5.41) is 0. The van der Waals surface area contributed by atoms with Crippen molar-refractivity contribution in [3.63, 3.8) is 0 Å². The van der Waals surface area contributed by atoms with Crippen molar-refractivity contribution < 1.29 is 0 Å². The summed E-state index contributed by atoms with van der Waals surface area (Å²) in [4.78, 5) is 1.40. The minimum absolute atomic E-state index is 1.39. The second-order valence-electron chi connectivity index (χ2n) is 3.26. The van der Waals surface area contributed by atoms with E-state index in [0.717, 1.165) is 0 Å². The first-order valence-electron chi connectivity index (χ1n) is 4.83. The Bertz CT molecular complexity index is 588. The molecule has 0 bridgehead atoms. The van der Waals surface area contributed by atoms with Crippen LogP contribution in [-0.4, -0.2) is 6.26 Å². The molecule has 0 aliphatic heterocycles. The molecule has 2 heterocycles. The van der Waals surface area contributed by atoms with Gasteiger partial charge in [0.1, 0.15) is 4.88 Å². The number of hydrogen-bond donors (Lipinski definition) is 0. The molecule has 0 amide bonds. The van der Waals surface area contributed by atoms with Gasteiger partial charge < -0.3 is 0 Å². The second-order valence-corrected chi connectivity index (χ2v) is 7.81. The monoisotopic (exact) mass is 281 g/mol. The molecule has 0 unspecified atom stereocenters. The number of fused-ring (bicyclic) bond motifs is 1. The molecule has 3 aromatic rings. The summed E-state index contributed by atoms with van der Waals surface area (Å²) in [6, 6.07) is 13.1. The molecule has 0 spiro atoms. The van der Waals surface area contributed by atoms with Crippen LogP contribution in [0.25, 0.3) is 18.5 Å². The molecule has 0 fully saturated rings. The molecule has 0 nitrogen and oxygen atoms in total. The van der Waals surface area contributed by atoms with Crippen molar-refractivity contribution in [2.24, 2.45) is 0 Å². The molecule has 80 valence electrons. The summed E-state index contributed by atoms with van der Waals surface area (Å²) in [5.74, 6) is 0. The minimum atomic E-state index is 1.39. The van der Waals surface area contributed by atoms with E-state index in [1.165, 1.54) is 22.7 Å². The normalized spacial score (nSPS) is 11.1. The average molecular weight is 281 g/mol. The number of thiophene rings is 1. The van der Waals surface area contributed by atoms with Gasteiger partial charge in [0.25, 0.3) is 4.19 Å². The zero-order valence-corrected chi connectivity index (χ0v) is 11.9. The Hall–Kier alpha value is -0.420. The predicted molar refractivity (Wildman–Crippen MR) is 79.2 cm³/mol. The molecule has 0 N–H and O–H groups in total. The summed E-state index contributed by atoms with van der Waals surface area (Å²) >= 11 is 7.49. The third-order valence-corrected chi connectivity index (χ3v) is 7.27. The van der Waals surface area contributed by atoms with E-state index in [2.05, 4.69) is 42.7 Å². The smallest absolute Gasteiger partial charge is 0.123 e. The van der Waals surface area contributed by atoms with Crippen molar-refractivity contribution in [3.05, 3.63) is 36.4 Å². The van der Waals surface area contributed by atoms with E-state index in [1.54, 1.807) is 0 Å². The summed E-state index contributed by atoms with van der Waals surface area (Å²) in [6.07, 6.45) is 2.13. The SMILES string of the molecule is CSc1ccc(-c2sc3ccccc3[s+]2)s1. The van der Waals surface area contributed by atoms with E-state index < -0.39 is 0 Å². The molecule has 3 rings (SSSR count). The Labute approximate surface area is 111 Å². The molecule has 16 heavy (non-hydrogen) atoms. The Morgan fingerprint density at radius 2 is 1.94 bits per heavy atom. The van der Waals surface area contributed by atoms with Crippen molar-refractivity contribution >= 4 is 55.2 Å². The fourth-order valence-corrected chi connectivity index (χ4v) is 5.68. The highest BCUT2D eigenvalue weighted by Gasteiger charge is 2.18. The predicted octanol–water partition coefficient (Wildman–Crippen LogP) is 5.69. The fraction of sp³-hybridized carbons (Fsp3) is 0.0833. The van der Waals surface area contributed by atoms with E-state index in [4.69, 9.17) is 0 Å². The highest BCUT2D eigenvalue weighted by atomic mass is 32.2. The first-order chi connectivity index (χ1) is 7.86. The van der Waals surface area contributed by atoms with Gasteiger partial charge in [-0.2, -0.15) is 0 Å². The molecule has 0 aliphatic rings. The van der Waals surface area contributed by atoms with Gasteiger partial charge in [0.15, 0.2) is 9.40 Å². The largest absolute Gasteiger partial charge is 0.296 e. The van der Waals surface area contributed by atoms with Crippen molar-refractivity contribution in [2.75, 3.05) is 6.26 Å². The number of benzene rings is 1. The topological polar surface area (TPSA) is 0 Å². The Kier molecular flexibility index (Phi) is 2.98. The maximum absolute atomic E-state index is 2.23. The van der Waals surface area contributed by atoms with E-state index in [1.807, 2.05) is 45.8 Å². The minimum Gasteiger partial charge on any atom is -0.123 e. The Balaban J connectivity index is 2.11. The van der Waals surface area contributed by atoms with Gasteiger partial charge in [-0.1, -0.05) is 12.1 Å². The lowest BCUT2D eigenvalue weighted by atomic mass is 10.4. The van der Waals surface area contributed by atoms with E-state index in [0.29, 0.717) is 0 Å². The van der Waals surface area contributed by atoms with Crippen molar-refractivity contribution in [1.82, 2.24) is 0 Å². The van der Waals surface area contributed by atoms with Gasteiger partial charge >= 0.3 is 0 Å². The highest BCUT2D eigenvalue weighted by Crippen LogP contribution is 2.42. The van der Waals surface area contributed by atoms with Gasteiger partial charge in [0, 0.05) is 0 Å². The first-order valence-corrected chi connectivity index (χ1v) is 8.50. The van der Waals surface area contributed by atoms with Crippen LogP contribution < -0.4 is 0 Å². The molecule has 1 aromatic carbocycles. The van der Waals surface area contributed by atoms with Crippen LogP contribution in [0.4, 0.5) is 0 Å². The van der Waals surface area contributed by atoms with E-state index in [9.17, 15) is 0 Å². The van der Waals surface area contributed by atoms with Gasteiger partial charge in [0.2, 0.25) is 0 Å². The van der Waals surface area contributed by atoms with Crippen LogP contribution in [0, 0.1) is 0 Å². The standard InChI is InChI=1S/C12H9S4/c1-13-11-7-6-10(14-11)12-15-8-4-2-3-5-9(8)16-12/h2-7H,1H3/q+1. The lowest BCUT2D eigenvalue weighted by Gasteiger charge is -1.81. The van der Waals surface area contributed by atoms with Crippen LogP contribution in [0.5, 0.6) is 0 Å². The second kappa shape index (κ2) is 4.45. The maximum atomic E-state index is 2.23. The molecule has 0 saturated heterocycles. The lowest BCUT2D eigenvalue weighted by molar-refractivity contribution is 1.75. The quantitative estimate of drug-likeness (QED) is 0.429. The van der Waals surface area contributed by atoms with E-state index >= 15 is 0 Å². The summed E-state index contributed by atoms with van der Waals surface area (Å²) in [5.41, 5.74) is 0. The third-order valence-electron chi connectivity index (χ3n) is 2.24. The van der Waals surface area contributed by atoms with Crippen molar-refractivity contribution in [2.45, 2.75) is 4.21 Å². The number of thioether (sulfide) groups is 1. The van der Waals surface area contributed by atoms with Crippen LogP contribution in [-0.2, 0) is 0 Å². The molecule has 0 radical (unpaired) electrons. The summed E-state index contributed by atoms with van der Waals surface area (Å²) in [7, 11) is 0. The molecular weight excluding hydrogens is 272 g/mol. The van der Waals surface area contributed by atoms with E-state index in [-0.39, 0.29) is 0 Å². The molecule has 4 heteroatoms. The third kappa shape index (κ3) is 1.91. The molecule has 0 saturated carbocycles. The lowest BCUT2D eigenvalue weighted by Crippen LogP contribution is -1.54. The number of hydrogen-bond acceptors (Lipinski definition) is 3. The summed E-state index contributed by atoms with van der Waals surface area (Å²) < 4.78 is 5.59. The van der Waals surface area contributed by atoms with Gasteiger partial charge in [-0.25, -0.2) is 0 Å². The van der Waals surface area contributed by atoms with Crippen LogP contribution in [0.3, 0.4) is 0 Å². The van der Waals surface area contributed by atoms with Gasteiger partial charge in [0.05, 0.1) is 26.9 Å². The van der Waals surface area contributed by atoms with Crippen LogP contribution in [0.15, 0.2) is 40.6 Å². The molecular formula is C12H9S4+. The Morgan fingerprint density at radius 3 is 2.69 bits per heavy atom. The van der Waals surface area contributed by atoms with Crippen LogP contribution in [0.2, 0.25) is 0 Å². The average Bonchev–Trinajstić information content (AvgIpc) is 2.95. The van der Waals surface area contributed by atoms with Gasteiger partial charge in [-0.15, -0.1) is 23.1 Å².